The van der Waals surface area contributed by atoms with E-state index in [1.54, 1.807) is 6.33 Å². The van der Waals surface area contributed by atoms with Crippen LogP contribution in [0.3, 0.4) is 0 Å². The second-order valence-electron chi connectivity index (χ2n) is 4.89. The van der Waals surface area contributed by atoms with Crippen molar-refractivity contribution in [3.63, 3.8) is 0 Å². The van der Waals surface area contributed by atoms with Crippen LogP contribution < -0.4 is 5.73 Å². The molecule has 3 aromatic rings. The van der Waals surface area contributed by atoms with Crippen molar-refractivity contribution in [2.75, 3.05) is 5.73 Å². The van der Waals surface area contributed by atoms with Gasteiger partial charge in [0.05, 0.1) is 11.2 Å². The summed E-state index contributed by atoms with van der Waals surface area (Å²) in [6.07, 6.45) is 2.53. The van der Waals surface area contributed by atoms with Crippen LogP contribution in [0.5, 0.6) is 0 Å². The predicted molar refractivity (Wildman–Crippen MR) is 79.9 cm³/mol. The van der Waals surface area contributed by atoms with Crippen molar-refractivity contribution in [3.8, 4) is 5.82 Å². The predicted octanol–water partition coefficient (Wildman–Crippen LogP) is 2.58. The molecule has 102 valence electrons. The fraction of sp³-hybridized carbons (Fsp3) is 0.267. The van der Waals surface area contributed by atoms with Gasteiger partial charge in [-0.2, -0.15) is 5.10 Å². The zero-order chi connectivity index (χ0) is 14.3. The van der Waals surface area contributed by atoms with Crippen LogP contribution in [-0.4, -0.2) is 19.7 Å². The molecule has 0 aliphatic rings. The number of anilines is 1. The highest BCUT2D eigenvalue weighted by Gasteiger charge is 2.14. The van der Waals surface area contributed by atoms with Gasteiger partial charge in [0.15, 0.2) is 5.82 Å². The van der Waals surface area contributed by atoms with Gasteiger partial charge in [-0.15, -0.1) is 0 Å². The molecule has 3 rings (SSSR count). The summed E-state index contributed by atoms with van der Waals surface area (Å²) < 4.78 is 1.89. The molecule has 2 heterocycles. The van der Waals surface area contributed by atoms with Gasteiger partial charge < -0.3 is 5.73 Å². The summed E-state index contributed by atoms with van der Waals surface area (Å²) in [7, 11) is 0. The third kappa shape index (κ3) is 1.82. The first kappa shape index (κ1) is 12.6. The largest absolute Gasteiger partial charge is 0.399 e. The van der Waals surface area contributed by atoms with Crippen LogP contribution in [0.25, 0.3) is 16.7 Å². The van der Waals surface area contributed by atoms with Crippen molar-refractivity contribution in [1.29, 1.82) is 0 Å². The molecular formula is C15H17N5. The van der Waals surface area contributed by atoms with Gasteiger partial charge in [-0.3, -0.25) is 0 Å². The highest BCUT2D eigenvalue weighted by molar-refractivity contribution is 5.87. The van der Waals surface area contributed by atoms with E-state index in [4.69, 9.17) is 5.73 Å². The number of nitrogens with two attached hydrogens (primary N) is 1. The number of benzene rings is 1. The Bertz CT molecular complexity index is 788. The Labute approximate surface area is 117 Å². The van der Waals surface area contributed by atoms with Gasteiger partial charge in [0.2, 0.25) is 0 Å². The molecule has 0 atom stereocenters. The van der Waals surface area contributed by atoms with E-state index in [0.29, 0.717) is 5.69 Å². The maximum Gasteiger partial charge on any atom is 0.164 e. The van der Waals surface area contributed by atoms with E-state index in [9.17, 15) is 0 Å². The highest BCUT2D eigenvalue weighted by atomic mass is 15.3. The lowest BCUT2D eigenvalue weighted by atomic mass is 10.1. The smallest absolute Gasteiger partial charge is 0.164 e. The van der Waals surface area contributed by atoms with E-state index >= 15 is 0 Å². The third-order valence-corrected chi connectivity index (χ3v) is 3.63. The summed E-state index contributed by atoms with van der Waals surface area (Å²) >= 11 is 0. The molecule has 0 saturated heterocycles. The summed E-state index contributed by atoms with van der Waals surface area (Å²) in [5, 5.41) is 5.53. The first-order chi connectivity index (χ1) is 9.61. The van der Waals surface area contributed by atoms with Gasteiger partial charge in [0, 0.05) is 16.8 Å². The minimum Gasteiger partial charge on any atom is -0.399 e. The molecule has 0 radical (unpaired) electrons. The Morgan fingerprint density at radius 1 is 1.20 bits per heavy atom. The number of hydrogen-bond acceptors (Lipinski definition) is 4. The fourth-order valence-electron chi connectivity index (χ4n) is 2.62. The quantitative estimate of drug-likeness (QED) is 0.724. The Balaban J connectivity index is 2.32. The Hall–Kier alpha value is -2.43. The summed E-state index contributed by atoms with van der Waals surface area (Å²) in [4.78, 5) is 8.68. The van der Waals surface area contributed by atoms with Crippen molar-refractivity contribution in [3.05, 3.63) is 41.5 Å². The monoisotopic (exact) mass is 267 g/mol. The lowest BCUT2D eigenvalue weighted by Crippen LogP contribution is -2.04. The molecule has 0 amide bonds. The minimum absolute atomic E-state index is 0.700. The van der Waals surface area contributed by atoms with Crippen molar-refractivity contribution in [2.24, 2.45) is 0 Å². The summed E-state index contributed by atoms with van der Waals surface area (Å²) in [6.45, 7) is 6.23. The second-order valence-corrected chi connectivity index (χ2v) is 4.89. The van der Waals surface area contributed by atoms with Gasteiger partial charge in [-0.25, -0.2) is 14.6 Å². The number of nitrogens with zero attached hydrogens (tertiary/aromatic N) is 4. The molecule has 0 aliphatic heterocycles. The minimum atomic E-state index is 0.700. The molecule has 2 aromatic heterocycles. The third-order valence-electron chi connectivity index (χ3n) is 3.63. The van der Waals surface area contributed by atoms with Crippen LogP contribution >= 0.6 is 0 Å². The lowest BCUT2D eigenvalue weighted by Gasteiger charge is -2.08. The molecule has 0 saturated carbocycles. The van der Waals surface area contributed by atoms with Crippen LogP contribution in [-0.2, 0) is 6.42 Å². The van der Waals surface area contributed by atoms with E-state index in [2.05, 4.69) is 28.9 Å². The number of hydrogen-bond donors (Lipinski definition) is 1. The SMILES string of the molecule is CCc1c(C)nn(-c2ncnc3ccc(N)cc23)c1C. The summed E-state index contributed by atoms with van der Waals surface area (Å²) in [5.74, 6) is 0.780. The first-order valence-electron chi connectivity index (χ1n) is 6.67. The van der Waals surface area contributed by atoms with Crippen molar-refractivity contribution in [2.45, 2.75) is 27.2 Å². The van der Waals surface area contributed by atoms with Crippen LogP contribution in [0, 0.1) is 13.8 Å². The normalized spacial score (nSPS) is 11.2. The second kappa shape index (κ2) is 4.59. The Morgan fingerprint density at radius 3 is 2.70 bits per heavy atom. The molecule has 20 heavy (non-hydrogen) atoms. The number of aromatic nitrogens is 4. The van der Waals surface area contributed by atoms with Gasteiger partial charge in [0.1, 0.15) is 6.33 Å². The van der Waals surface area contributed by atoms with E-state index in [1.807, 2.05) is 29.8 Å². The zero-order valence-electron chi connectivity index (χ0n) is 11.9. The van der Waals surface area contributed by atoms with Gasteiger partial charge >= 0.3 is 0 Å². The zero-order valence-corrected chi connectivity index (χ0v) is 11.9. The maximum absolute atomic E-state index is 5.88. The molecule has 0 spiro atoms. The van der Waals surface area contributed by atoms with Crippen LogP contribution in [0.4, 0.5) is 5.69 Å². The highest BCUT2D eigenvalue weighted by Crippen LogP contribution is 2.24. The molecule has 2 N–H and O–H groups in total. The van der Waals surface area contributed by atoms with Gasteiger partial charge in [-0.1, -0.05) is 6.92 Å². The summed E-state index contributed by atoms with van der Waals surface area (Å²) in [5.41, 5.74) is 10.9. The topological polar surface area (TPSA) is 69.6 Å². The number of rotatable bonds is 2. The average Bonchev–Trinajstić information content (AvgIpc) is 2.72. The van der Waals surface area contributed by atoms with Crippen LogP contribution in [0.2, 0.25) is 0 Å². The van der Waals surface area contributed by atoms with E-state index in [1.165, 1.54) is 5.56 Å². The molecule has 0 aliphatic carbocycles. The molecule has 0 unspecified atom stereocenters. The molecule has 0 fully saturated rings. The number of fused-ring (bicyclic) bond motifs is 1. The molecular weight excluding hydrogens is 250 g/mol. The molecule has 0 bridgehead atoms. The lowest BCUT2D eigenvalue weighted by molar-refractivity contribution is 0.809. The molecule has 5 heteroatoms. The first-order valence-corrected chi connectivity index (χ1v) is 6.67. The molecule has 5 nitrogen and oxygen atoms in total. The van der Waals surface area contributed by atoms with Gasteiger partial charge in [-0.05, 0) is 44.0 Å². The number of nitrogen functional groups attached to an aromatic ring is 1. The standard InChI is InChI=1S/C15H17N5/c1-4-12-9(2)19-20(10(12)3)15-13-7-11(16)5-6-14(13)17-8-18-15/h5-8H,4,16H2,1-3H3. The van der Waals surface area contributed by atoms with Gasteiger partial charge in [0.25, 0.3) is 0 Å². The van der Waals surface area contributed by atoms with Crippen molar-refractivity contribution in [1.82, 2.24) is 19.7 Å². The average molecular weight is 267 g/mol. The Kier molecular flexibility index (Phi) is 2.89. The van der Waals surface area contributed by atoms with E-state index in [0.717, 1.165) is 34.5 Å². The molecule has 1 aromatic carbocycles. The fourth-order valence-corrected chi connectivity index (χ4v) is 2.62. The van der Waals surface area contributed by atoms with Crippen molar-refractivity contribution >= 4 is 16.6 Å². The maximum atomic E-state index is 5.88. The van der Waals surface area contributed by atoms with Crippen LogP contribution in [0.15, 0.2) is 24.5 Å². The van der Waals surface area contributed by atoms with E-state index in [-0.39, 0.29) is 0 Å². The van der Waals surface area contributed by atoms with E-state index < -0.39 is 0 Å². The Morgan fingerprint density at radius 2 is 2.00 bits per heavy atom. The number of aryl methyl sites for hydroxylation is 1. The van der Waals surface area contributed by atoms with Crippen LogP contribution in [0.1, 0.15) is 23.9 Å². The van der Waals surface area contributed by atoms with Crippen molar-refractivity contribution < 1.29 is 0 Å². The summed E-state index contributed by atoms with van der Waals surface area (Å²) in [6, 6.07) is 5.65.